The average Bonchev–Trinajstić information content (AvgIpc) is 2.36. The average molecular weight is 232 g/mol. The van der Waals surface area contributed by atoms with E-state index in [0.29, 0.717) is 12.3 Å². The predicted octanol–water partition coefficient (Wildman–Crippen LogP) is 1.94. The molecule has 3 nitrogen and oxygen atoms in total. The second kappa shape index (κ2) is 4.67. The third-order valence-corrected chi connectivity index (χ3v) is 3.77. The van der Waals surface area contributed by atoms with E-state index < -0.39 is 0 Å². The molecule has 0 aliphatic carbocycles. The van der Waals surface area contributed by atoms with E-state index >= 15 is 0 Å². The van der Waals surface area contributed by atoms with Crippen molar-refractivity contribution in [1.29, 1.82) is 0 Å². The number of hydrogen-bond acceptors (Lipinski definition) is 3. The first kappa shape index (κ1) is 11.1. The molecular weight excluding hydrogens is 212 g/mol. The van der Waals surface area contributed by atoms with Crippen LogP contribution in [0.4, 0.5) is 5.69 Å². The van der Waals surface area contributed by atoms with Crippen molar-refractivity contribution in [3.63, 3.8) is 0 Å². The van der Waals surface area contributed by atoms with Crippen molar-refractivity contribution < 1.29 is 4.74 Å². The molecule has 17 heavy (non-hydrogen) atoms. The number of rotatable bonds is 2. The summed E-state index contributed by atoms with van der Waals surface area (Å²) in [6.45, 7) is 6.60. The predicted molar refractivity (Wildman–Crippen MR) is 69.2 cm³/mol. The largest absolute Gasteiger partial charge is 0.369 e. The van der Waals surface area contributed by atoms with Crippen LogP contribution in [0.5, 0.6) is 0 Å². The molecule has 0 saturated carbocycles. The van der Waals surface area contributed by atoms with Crippen LogP contribution < -0.4 is 4.90 Å². The van der Waals surface area contributed by atoms with Gasteiger partial charge >= 0.3 is 0 Å². The van der Waals surface area contributed by atoms with E-state index in [1.165, 1.54) is 12.1 Å². The zero-order chi connectivity index (χ0) is 11.7. The van der Waals surface area contributed by atoms with Crippen molar-refractivity contribution in [2.24, 2.45) is 0 Å². The maximum atomic E-state index is 5.73. The lowest BCUT2D eigenvalue weighted by Crippen LogP contribution is -2.56. The van der Waals surface area contributed by atoms with E-state index in [4.69, 9.17) is 4.74 Å². The molecule has 2 atom stereocenters. The van der Waals surface area contributed by atoms with Gasteiger partial charge in [-0.25, -0.2) is 0 Å². The summed E-state index contributed by atoms with van der Waals surface area (Å²) in [4.78, 5) is 4.93. The van der Waals surface area contributed by atoms with Crippen molar-refractivity contribution in [1.82, 2.24) is 4.90 Å². The fourth-order valence-electron chi connectivity index (χ4n) is 2.68. The number of anilines is 1. The van der Waals surface area contributed by atoms with Gasteiger partial charge in [0.25, 0.3) is 0 Å². The zero-order valence-corrected chi connectivity index (χ0v) is 10.4. The SMILES string of the molecule is CC1CC(N2CCN(c3ccccc3)CC2)O1. The van der Waals surface area contributed by atoms with E-state index in [2.05, 4.69) is 47.1 Å². The Balaban J connectivity index is 1.54. The number of para-hydroxylation sites is 1. The van der Waals surface area contributed by atoms with Gasteiger partial charge in [0.05, 0.1) is 6.10 Å². The molecule has 0 bridgehead atoms. The molecule has 2 saturated heterocycles. The van der Waals surface area contributed by atoms with E-state index in [1.54, 1.807) is 0 Å². The Morgan fingerprint density at radius 1 is 1.06 bits per heavy atom. The van der Waals surface area contributed by atoms with Crippen molar-refractivity contribution in [3.8, 4) is 0 Å². The quantitative estimate of drug-likeness (QED) is 0.775. The van der Waals surface area contributed by atoms with Crippen LogP contribution in [0.1, 0.15) is 13.3 Å². The van der Waals surface area contributed by atoms with Gasteiger partial charge in [-0.05, 0) is 19.1 Å². The van der Waals surface area contributed by atoms with Crippen LogP contribution in [0.15, 0.2) is 30.3 Å². The first-order valence-corrected chi connectivity index (χ1v) is 6.52. The van der Waals surface area contributed by atoms with Crippen molar-refractivity contribution in [2.45, 2.75) is 25.7 Å². The molecule has 1 aromatic carbocycles. The zero-order valence-electron chi connectivity index (χ0n) is 10.4. The molecule has 3 heteroatoms. The van der Waals surface area contributed by atoms with Gasteiger partial charge in [0.1, 0.15) is 6.23 Å². The lowest BCUT2D eigenvalue weighted by Gasteiger charge is -2.45. The van der Waals surface area contributed by atoms with Crippen molar-refractivity contribution in [3.05, 3.63) is 30.3 Å². The molecule has 2 unspecified atom stereocenters. The fourth-order valence-corrected chi connectivity index (χ4v) is 2.68. The van der Waals surface area contributed by atoms with Crippen LogP contribution in [-0.4, -0.2) is 43.4 Å². The summed E-state index contributed by atoms with van der Waals surface area (Å²) in [5.74, 6) is 0. The Hall–Kier alpha value is -1.06. The second-order valence-electron chi connectivity index (χ2n) is 5.00. The second-order valence-corrected chi connectivity index (χ2v) is 5.00. The highest BCUT2D eigenvalue weighted by molar-refractivity contribution is 5.46. The number of hydrogen-bond donors (Lipinski definition) is 0. The first-order chi connectivity index (χ1) is 8.33. The van der Waals surface area contributed by atoms with Gasteiger partial charge in [0.2, 0.25) is 0 Å². The lowest BCUT2D eigenvalue weighted by atomic mass is 10.1. The molecule has 0 amide bonds. The summed E-state index contributed by atoms with van der Waals surface area (Å²) < 4.78 is 5.73. The summed E-state index contributed by atoms with van der Waals surface area (Å²) >= 11 is 0. The van der Waals surface area contributed by atoms with Gasteiger partial charge in [0.15, 0.2) is 0 Å². The Bertz CT molecular complexity index is 354. The van der Waals surface area contributed by atoms with Gasteiger partial charge in [0, 0.05) is 38.3 Å². The van der Waals surface area contributed by atoms with Crippen LogP contribution >= 0.6 is 0 Å². The first-order valence-electron chi connectivity index (χ1n) is 6.52. The molecule has 2 heterocycles. The van der Waals surface area contributed by atoms with Crippen LogP contribution in [0.2, 0.25) is 0 Å². The Morgan fingerprint density at radius 3 is 2.29 bits per heavy atom. The minimum atomic E-state index is 0.392. The molecule has 2 fully saturated rings. The number of piperazine rings is 1. The molecule has 1 aromatic rings. The fraction of sp³-hybridized carbons (Fsp3) is 0.571. The third-order valence-electron chi connectivity index (χ3n) is 3.77. The van der Waals surface area contributed by atoms with Gasteiger partial charge in [-0.1, -0.05) is 18.2 Å². The highest BCUT2D eigenvalue weighted by Crippen LogP contribution is 2.25. The Kier molecular flexibility index (Phi) is 3.04. The van der Waals surface area contributed by atoms with E-state index in [1.807, 2.05) is 0 Å². The molecular formula is C14H20N2O. The lowest BCUT2D eigenvalue weighted by molar-refractivity contribution is -0.190. The van der Waals surface area contributed by atoms with E-state index in [0.717, 1.165) is 26.2 Å². The summed E-state index contributed by atoms with van der Waals surface area (Å²) in [6, 6.07) is 10.7. The van der Waals surface area contributed by atoms with Crippen LogP contribution in [0, 0.1) is 0 Å². The van der Waals surface area contributed by atoms with Gasteiger partial charge in [-0.3, -0.25) is 4.90 Å². The Labute approximate surface area is 103 Å². The summed E-state index contributed by atoms with van der Waals surface area (Å²) in [6.07, 6.45) is 2.06. The minimum absolute atomic E-state index is 0.392. The minimum Gasteiger partial charge on any atom is -0.369 e. The Morgan fingerprint density at radius 2 is 1.71 bits per heavy atom. The molecule has 2 aliphatic rings. The van der Waals surface area contributed by atoms with Gasteiger partial charge in [-0.15, -0.1) is 0 Å². The van der Waals surface area contributed by atoms with E-state index in [9.17, 15) is 0 Å². The smallest absolute Gasteiger partial charge is 0.113 e. The number of ether oxygens (including phenoxy) is 1. The highest BCUT2D eigenvalue weighted by Gasteiger charge is 2.33. The standard InChI is InChI=1S/C14H20N2O/c1-12-11-14(17-12)16-9-7-15(8-10-16)13-5-3-2-4-6-13/h2-6,12,14H,7-11H2,1H3. The third kappa shape index (κ3) is 2.31. The van der Waals surface area contributed by atoms with Gasteiger partial charge < -0.3 is 9.64 Å². The van der Waals surface area contributed by atoms with Crippen LogP contribution in [0.25, 0.3) is 0 Å². The summed E-state index contributed by atoms with van der Waals surface area (Å²) in [5.41, 5.74) is 1.34. The monoisotopic (exact) mass is 232 g/mol. The van der Waals surface area contributed by atoms with E-state index in [-0.39, 0.29) is 0 Å². The molecule has 92 valence electrons. The topological polar surface area (TPSA) is 15.7 Å². The van der Waals surface area contributed by atoms with Crippen LogP contribution in [-0.2, 0) is 4.74 Å². The van der Waals surface area contributed by atoms with Crippen molar-refractivity contribution in [2.75, 3.05) is 31.1 Å². The normalized spacial score (nSPS) is 30.1. The molecule has 0 aromatic heterocycles. The molecule has 0 N–H and O–H groups in total. The highest BCUT2D eigenvalue weighted by atomic mass is 16.5. The maximum Gasteiger partial charge on any atom is 0.113 e. The van der Waals surface area contributed by atoms with Crippen molar-refractivity contribution >= 4 is 5.69 Å². The van der Waals surface area contributed by atoms with Crippen LogP contribution in [0.3, 0.4) is 0 Å². The molecule has 0 spiro atoms. The molecule has 2 aliphatic heterocycles. The number of benzene rings is 1. The summed E-state index contributed by atoms with van der Waals surface area (Å²) in [7, 11) is 0. The van der Waals surface area contributed by atoms with Gasteiger partial charge in [-0.2, -0.15) is 0 Å². The summed E-state index contributed by atoms with van der Waals surface area (Å²) in [5, 5.41) is 0. The maximum absolute atomic E-state index is 5.73. The molecule has 0 radical (unpaired) electrons. The molecule has 3 rings (SSSR count). The number of nitrogens with zero attached hydrogens (tertiary/aromatic N) is 2.